The Morgan fingerprint density at radius 2 is 1.67 bits per heavy atom. The minimum Gasteiger partial charge on any atom is -0.342 e. The first kappa shape index (κ1) is 17.4. The molecular formula is C17H25N3O3S. The number of likely N-dealkylation sites (N-methyl/N-ethyl adjacent to an activating group) is 1. The molecule has 2 aliphatic rings. The van der Waals surface area contributed by atoms with Gasteiger partial charge in [-0.25, -0.2) is 8.42 Å². The molecule has 0 unspecified atom stereocenters. The second kappa shape index (κ2) is 7.21. The summed E-state index contributed by atoms with van der Waals surface area (Å²) in [4.78, 5) is 16.0. The van der Waals surface area contributed by atoms with Crippen LogP contribution >= 0.6 is 0 Å². The van der Waals surface area contributed by atoms with Crippen LogP contribution in [0.5, 0.6) is 0 Å². The highest BCUT2D eigenvalue weighted by atomic mass is 32.2. The number of sulfonamides is 1. The Hall–Kier alpha value is -1.44. The van der Waals surface area contributed by atoms with Gasteiger partial charge in [0.25, 0.3) is 0 Å². The molecular weight excluding hydrogens is 326 g/mol. The molecule has 1 amide bonds. The molecule has 1 aromatic rings. The minimum absolute atomic E-state index is 0.226. The first-order valence-corrected chi connectivity index (χ1v) is 9.96. The van der Waals surface area contributed by atoms with E-state index >= 15 is 0 Å². The Balaban J connectivity index is 1.62. The first-order chi connectivity index (χ1) is 11.5. The summed E-state index contributed by atoms with van der Waals surface area (Å²) >= 11 is 0. The van der Waals surface area contributed by atoms with Crippen LogP contribution in [0.4, 0.5) is 0 Å². The minimum atomic E-state index is -3.40. The van der Waals surface area contributed by atoms with E-state index in [1.54, 1.807) is 16.4 Å². The van der Waals surface area contributed by atoms with Crippen LogP contribution in [0.1, 0.15) is 18.4 Å². The van der Waals surface area contributed by atoms with Crippen LogP contribution in [0.3, 0.4) is 0 Å². The second-order valence-electron chi connectivity index (χ2n) is 6.59. The zero-order valence-corrected chi connectivity index (χ0v) is 15.0. The van der Waals surface area contributed by atoms with Gasteiger partial charge >= 0.3 is 0 Å². The van der Waals surface area contributed by atoms with E-state index < -0.39 is 10.0 Å². The number of carbonyl (C=O) groups is 1. The molecule has 132 valence electrons. The largest absolute Gasteiger partial charge is 0.342 e. The molecule has 0 aromatic heterocycles. The average molecular weight is 351 g/mol. The SMILES string of the molecule is CN1CCN(S(=O)(=O)c2ccc(CCN3CCCC3=O)cc2)CC1. The Kier molecular flexibility index (Phi) is 5.22. The van der Waals surface area contributed by atoms with Gasteiger partial charge in [0.2, 0.25) is 15.9 Å². The maximum atomic E-state index is 12.7. The van der Waals surface area contributed by atoms with Crippen LogP contribution in [-0.2, 0) is 21.2 Å². The van der Waals surface area contributed by atoms with Crippen molar-refractivity contribution in [2.45, 2.75) is 24.2 Å². The van der Waals surface area contributed by atoms with E-state index in [1.165, 1.54) is 0 Å². The third kappa shape index (κ3) is 3.79. The Morgan fingerprint density at radius 3 is 2.25 bits per heavy atom. The van der Waals surface area contributed by atoms with Crippen molar-refractivity contribution in [3.63, 3.8) is 0 Å². The van der Waals surface area contributed by atoms with E-state index in [1.807, 2.05) is 24.1 Å². The number of nitrogens with zero attached hydrogens (tertiary/aromatic N) is 3. The Morgan fingerprint density at radius 1 is 1.00 bits per heavy atom. The van der Waals surface area contributed by atoms with Crippen molar-refractivity contribution in [1.29, 1.82) is 0 Å². The van der Waals surface area contributed by atoms with E-state index in [-0.39, 0.29) is 5.91 Å². The van der Waals surface area contributed by atoms with Gasteiger partial charge in [-0.3, -0.25) is 4.79 Å². The van der Waals surface area contributed by atoms with Gasteiger partial charge in [-0.2, -0.15) is 4.31 Å². The van der Waals surface area contributed by atoms with E-state index in [0.29, 0.717) is 31.0 Å². The third-order valence-electron chi connectivity index (χ3n) is 4.87. The fourth-order valence-corrected chi connectivity index (χ4v) is 4.63. The zero-order valence-electron chi connectivity index (χ0n) is 14.1. The van der Waals surface area contributed by atoms with Crippen molar-refractivity contribution in [3.05, 3.63) is 29.8 Å². The molecule has 1 aromatic carbocycles. The van der Waals surface area contributed by atoms with Crippen LogP contribution in [0, 0.1) is 0 Å². The standard InChI is InChI=1S/C17H25N3O3S/c1-18-11-13-20(14-12-18)24(22,23)16-6-4-15(5-7-16)8-10-19-9-2-3-17(19)21/h4-7H,2-3,8-14H2,1H3. The lowest BCUT2D eigenvalue weighted by Crippen LogP contribution is -2.46. The third-order valence-corrected chi connectivity index (χ3v) is 6.78. The van der Waals surface area contributed by atoms with E-state index in [0.717, 1.165) is 38.0 Å². The fraction of sp³-hybridized carbons (Fsp3) is 0.588. The van der Waals surface area contributed by atoms with Gasteiger partial charge < -0.3 is 9.80 Å². The number of rotatable bonds is 5. The molecule has 0 saturated carbocycles. The first-order valence-electron chi connectivity index (χ1n) is 8.52. The fourth-order valence-electron chi connectivity index (χ4n) is 3.21. The monoisotopic (exact) mass is 351 g/mol. The molecule has 2 fully saturated rings. The number of carbonyl (C=O) groups excluding carboxylic acids is 1. The maximum Gasteiger partial charge on any atom is 0.243 e. The van der Waals surface area contributed by atoms with Crippen LogP contribution in [0.25, 0.3) is 0 Å². The summed E-state index contributed by atoms with van der Waals surface area (Å²) in [5.74, 6) is 0.226. The number of hydrogen-bond donors (Lipinski definition) is 0. The quantitative estimate of drug-likeness (QED) is 0.787. The van der Waals surface area contributed by atoms with Crippen molar-refractivity contribution in [2.75, 3.05) is 46.3 Å². The highest BCUT2D eigenvalue weighted by molar-refractivity contribution is 7.89. The predicted octanol–water partition coefficient (Wildman–Crippen LogP) is 0.788. The second-order valence-corrected chi connectivity index (χ2v) is 8.52. The van der Waals surface area contributed by atoms with Crippen molar-refractivity contribution < 1.29 is 13.2 Å². The summed E-state index contributed by atoms with van der Waals surface area (Å²) in [6.07, 6.45) is 2.36. The van der Waals surface area contributed by atoms with Crippen molar-refractivity contribution >= 4 is 15.9 Å². The molecule has 24 heavy (non-hydrogen) atoms. The van der Waals surface area contributed by atoms with Crippen LogP contribution in [0.2, 0.25) is 0 Å². The molecule has 0 aliphatic carbocycles. The zero-order chi connectivity index (χ0) is 17.2. The lowest BCUT2D eigenvalue weighted by Gasteiger charge is -2.31. The van der Waals surface area contributed by atoms with Crippen molar-refractivity contribution in [2.24, 2.45) is 0 Å². The number of amides is 1. The lowest BCUT2D eigenvalue weighted by atomic mass is 10.1. The van der Waals surface area contributed by atoms with Gasteiger partial charge in [-0.15, -0.1) is 0 Å². The molecule has 0 spiro atoms. The van der Waals surface area contributed by atoms with Gasteiger partial charge in [0.1, 0.15) is 0 Å². The summed E-state index contributed by atoms with van der Waals surface area (Å²) in [6.45, 7) is 4.16. The van der Waals surface area contributed by atoms with Gasteiger partial charge in [-0.05, 0) is 37.6 Å². The van der Waals surface area contributed by atoms with Gasteiger partial charge in [-0.1, -0.05) is 12.1 Å². The molecule has 0 atom stereocenters. The molecule has 0 bridgehead atoms. The lowest BCUT2D eigenvalue weighted by molar-refractivity contribution is -0.127. The Bertz CT molecular complexity index is 680. The maximum absolute atomic E-state index is 12.7. The molecule has 3 rings (SSSR count). The van der Waals surface area contributed by atoms with Crippen LogP contribution < -0.4 is 0 Å². The topological polar surface area (TPSA) is 60.9 Å². The highest BCUT2D eigenvalue weighted by Crippen LogP contribution is 2.19. The summed E-state index contributed by atoms with van der Waals surface area (Å²) in [7, 11) is -1.40. The molecule has 2 heterocycles. The average Bonchev–Trinajstić information content (AvgIpc) is 2.99. The van der Waals surface area contributed by atoms with Crippen LogP contribution in [0.15, 0.2) is 29.2 Å². The molecule has 2 saturated heterocycles. The number of benzene rings is 1. The van der Waals surface area contributed by atoms with Gasteiger partial charge in [0.05, 0.1) is 4.90 Å². The molecule has 0 N–H and O–H groups in total. The normalized spacial score (nSPS) is 20.7. The highest BCUT2D eigenvalue weighted by Gasteiger charge is 2.27. The smallest absolute Gasteiger partial charge is 0.243 e. The Labute approximate surface area is 144 Å². The molecule has 7 heteroatoms. The van der Waals surface area contributed by atoms with Gasteiger partial charge in [0, 0.05) is 45.7 Å². The predicted molar refractivity (Wildman–Crippen MR) is 92.2 cm³/mol. The van der Waals surface area contributed by atoms with E-state index in [2.05, 4.69) is 4.90 Å². The molecule has 6 nitrogen and oxygen atoms in total. The summed E-state index contributed by atoms with van der Waals surface area (Å²) in [5, 5.41) is 0. The van der Waals surface area contributed by atoms with Crippen molar-refractivity contribution in [3.8, 4) is 0 Å². The molecule has 0 radical (unpaired) electrons. The van der Waals surface area contributed by atoms with E-state index in [9.17, 15) is 13.2 Å². The number of hydrogen-bond acceptors (Lipinski definition) is 4. The van der Waals surface area contributed by atoms with Crippen molar-refractivity contribution in [1.82, 2.24) is 14.1 Å². The van der Waals surface area contributed by atoms with Crippen LogP contribution in [-0.4, -0.2) is 74.7 Å². The van der Waals surface area contributed by atoms with Gasteiger partial charge in [0.15, 0.2) is 0 Å². The number of piperazine rings is 1. The van der Waals surface area contributed by atoms with E-state index in [4.69, 9.17) is 0 Å². The summed E-state index contributed by atoms with van der Waals surface area (Å²) < 4.78 is 26.9. The summed E-state index contributed by atoms with van der Waals surface area (Å²) in [5.41, 5.74) is 1.06. The summed E-state index contributed by atoms with van der Waals surface area (Å²) in [6, 6.07) is 7.11. The molecule has 2 aliphatic heterocycles. The number of likely N-dealkylation sites (tertiary alicyclic amines) is 1.